The van der Waals surface area contributed by atoms with Gasteiger partial charge < -0.3 is 9.67 Å². The van der Waals surface area contributed by atoms with Crippen LogP contribution in [-0.2, 0) is 12.8 Å². The highest BCUT2D eigenvalue weighted by atomic mass is 16.3. The van der Waals surface area contributed by atoms with Gasteiger partial charge in [-0.2, -0.15) is 0 Å². The molecule has 0 saturated carbocycles. The Kier molecular flexibility index (Phi) is 2.36. The highest BCUT2D eigenvalue weighted by Crippen LogP contribution is 2.24. The molecule has 2 heterocycles. The fraction of sp³-hybridized carbons (Fsp3) is 0.700. The molecule has 0 radical (unpaired) electrons. The number of aryl methyl sites for hydroxylation is 1. The zero-order valence-electron chi connectivity index (χ0n) is 8.03. The Morgan fingerprint density at radius 3 is 3.23 bits per heavy atom. The summed E-state index contributed by atoms with van der Waals surface area (Å²) >= 11 is 0. The van der Waals surface area contributed by atoms with E-state index in [1.807, 2.05) is 0 Å². The average Bonchev–Trinajstić information content (AvgIpc) is 2.49. The molecular weight excluding hydrogens is 164 g/mol. The second-order valence-corrected chi connectivity index (χ2v) is 3.77. The van der Waals surface area contributed by atoms with E-state index in [9.17, 15) is 0 Å². The van der Waals surface area contributed by atoms with Gasteiger partial charge in [-0.3, -0.25) is 0 Å². The molecule has 0 bridgehead atoms. The summed E-state index contributed by atoms with van der Waals surface area (Å²) < 4.78 is 2.26. The van der Waals surface area contributed by atoms with Crippen LogP contribution in [0.1, 0.15) is 37.3 Å². The first-order valence-electron chi connectivity index (χ1n) is 4.98. The summed E-state index contributed by atoms with van der Waals surface area (Å²) in [6.07, 6.45) is 6.37. The van der Waals surface area contributed by atoms with Crippen LogP contribution in [0, 0.1) is 0 Å². The van der Waals surface area contributed by atoms with Crippen molar-refractivity contribution in [1.82, 2.24) is 9.55 Å². The highest BCUT2D eigenvalue weighted by molar-refractivity contribution is 5.08. The Bertz CT molecular complexity index is 293. The van der Waals surface area contributed by atoms with Crippen LogP contribution in [0.5, 0.6) is 0 Å². The van der Waals surface area contributed by atoms with Crippen LogP contribution in [0.3, 0.4) is 0 Å². The van der Waals surface area contributed by atoms with Gasteiger partial charge in [0.25, 0.3) is 0 Å². The fourth-order valence-electron chi connectivity index (χ4n) is 1.98. The fourth-order valence-corrected chi connectivity index (χ4v) is 1.98. The van der Waals surface area contributed by atoms with Gasteiger partial charge in [0, 0.05) is 31.7 Å². The second-order valence-electron chi connectivity index (χ2n) is 3.77. The third-order valence-corrected chi connectivity index (χ3v) is 2.72. The van der Waals surface area contributed by atoms with Crippen LogP contribution in [0.4, 0.5) is 0 Å². The van der Waals surface area contributed by atoms with Gasteiger partial charge in [0.1, 0.15) is 5.82 Å². The van der Waals surface area contributed by atoms with Gasteiger partial charge in [-0.15, -0.1) is 0 Å². The van der Waals surface area contributed by atoms with Crippen molar-refractivity contribution >= 4 is 0 Å². The first kappa shape index (κ1) is 8.75. The van der Waals surface area contributed by atoms with E-state index < -0.39 is 0 Å². The quantitative estimate of drug-likeness (QED) is 0.745. The lowest BCUT2D eigenvalue weighted by atomic mass is 10.1. The van der Waals surface area contributed by atoms with E-state index in [1.165, 1.54) is 18.7 Å². The molecule has 1 aliphatic heterocycles. The van der Waals surface area contributed by atoms with Crippen LogP contribution in [0.2, 0.25) is 0 Å². The van der Waals surface area contributed by atoms with E-state index in [0.717, 1.165) is 12.1 Å². The Morgan fingerprint density at radius 2 is 2.54 bits per heavy atom. The van der Waals surface area contributed by atoms with Gasteiger partial charge in [-0.1, -0.05) is 0 Å². The van der Waals surface area contributed by atoms with Crippen LogP contribution in [0.15, 0.2) is 6.20 Å². The Hall–Kier alpha value is -0.830. The average molecular weight is 180 g/mol. The third kappa shape index (κ3) is 1.61. The lowest BCUT2D eigenvalue weighted by Crippen LogP contribution is -2.14. The molecule has 3 nitrogen and oxygen atoms in total. The molecule has 1 unspecified atom stereocenters. The molecule has 0 spiro atoms. The molecule has 0 aliphatic carbocycles. The van der Waals surface area contributed by atoms with Crippen molar-refractivity contribution in [3.05, 3.63) is 17.7 Å². The number of aromatic nitrogens is 2. The maximum atomic E-state index is 8.80. The van der Waals surface area contributed by atoms with Crippen molar-refractivity contribution in [3.63, 3.8) is 0 Å². The van der Waals surface area contributed by atoms with Crippen LogP contribution >= 0.6 is 0 Å². The number of hydrogen-bond acceptors (Lipinski definition) is 2. The predicted octanol–water partition coefficient (Wildman–Crippen LogP) is 1.32. The lowest BCUT2D eigenvalue weighted by Gasteiger charge is -2.20. The Morgan fingerprint density at radius 1 is 1.69 bits per heavy atom. The molecule has 2 rings (SSSR count). The Labute approximate surface area is 78.4 Å². The topological polar surface area (TPSA) is 38.1 Å². The lowest BCUT2D eigenvalue weighted by molar-refractivity contribution is 0.298. The molecule has 0 amide bonds. The molecule has 0 aromatic carbocycles. The second kappa shape index (κ2) is 3.50. The van der Waals surface area contributed by atoms with E-state index >= 15 is 0 Å². The largest absolute Gasteiger partial charge is 0.396 e. The van der Waals surface area contributed by atoms with Crippen LogP contribution < -0.4 is 0 Å². The molecule has 72 valence electrons. The van der Waals surface area contributed by atoms with E-state index in [2.05, 4.69) is 22.7 Å². The van der Waals surface area contributed by atoms with Crippen molar-refractivity contribution in [2.45, 2.75) is 38.6 Å². The Balaban J connectivity index is 2.25. The number of aliphatic hydroxyl groups excluding tert-OH is 1. The first-order chi connectivity index (χ1) is 6.31. The van der Waals surface area contributed by atoms with Crippen LogP contribution in [-0.4, -0.2) is 21.3 Å². The van der Waals surface area contributed by atoms with E-state index in [4.69, 9.17) is 5.11 Å². The summed E-state index contributed by atoms with van der Waals surface area (Å²) in [5, 5.41) is 8.80. The molecule has 1 aromatic heterocycles. The van der Waals surface area contributed by atoms with Gasteiger partial charge in [-0.25, -0.2) is 4.98 Å². The molecule has 0 saturated heterocycles. The molecule has 1 N–H and O–H groups in total. The summed E-state index contributed by atoms with van der Waals surface area (Å²) in [6, 6.07) is 0.587. The number of aliphatic hydroxyl groups is 1. The third-order valence-electron chi connectivity index (χ3n) is 2.72. The summed E-state index contributed by atoms with van der Waals surface area (Å²) in [5.41, 5.74) is 1.03. The van der Waals surface area contributed by atoms with Gasteiger partial charge >= 0.3 is 0 Å². The summed E-state index contributed by atoms with van der Waals surface area (Å²) in [6.45, 7) is 2.43. The van der Waals surface area contributed by atoms with E-state index in [-0.39, 0.29) is 6.61 Å². The number of fused-ring (bicyclic) bond motifs is 1. The minimum absolute atomic E-state index is 0.199. The zero-order valence-corrected chi connectivity index (χ0v) is 8.03. The van der Waals surface area contributed by atoms with Crippen molar-refractivity contribution in [2.24, 2.45) is 0 Å². The predicted molar refractivity (Wildman–Crippen MR) is 50.7 cm³/mol. The highest BCUT2D eigenvalue weighted by Gasteiger charge is 2.17. The molecule has 1 aromatic rings. The van der Waals surface area contributed by atoms with E-state index in [1.54, 1.807) is 0 Å². The summed E-state index contributed by atoms with van der Waals surface area (Å²) in [5.74, 6) is 1.20. The van der Waals surface area contributed by atoms with Gasteiger partial charge in [0.15, 0.2) is 0 Å². The molecule has 13 heavy (non-hydrogen) atoms. The van der Waals surface area contributed by atoms with Crippen LogP contribution in [0.25, 0.3) is 0 Å². The molecule has 1 atom stereocenters. The summed E-state index contributed by atoms with van der Waals surface area (Å²) in [4.78, 5) is 4.49. The SMILES string of the molecule is CC1CCCc2nc(CCO)cn21. The van der Waals surface area contributed by atoms with Crippen molar-refractivity contribution in [3.8, 4) is 0 Å². The van der Waals surface area contributed by atoms with Crippen molar-refractivity contribution < 1.29 is 5.11 Å². The van der Waals surface area contributed by atoms with Crippen molar-refractivity contribution in [1.29, 1.82) is 0 Å². The number of imidazole rings is 1. The summed E-state index contributed by atoms with van der Waals surface area (Å²) in [7, 11) is 0. The number of hydrogen-bond donors (Lipinski definition) is 1. The molecule has 1 aliphatic rings. The first-order valence-corrected chi connectivity index (χ1v) is 4.98. The number of nitrogens with zero attached hydrogens (tertiary/aromatic N) is 2. The maximum Gasteiger partial charge on any atom is 0.109 e. The minimum atomic E-state index is 0.199. The smallest absolute Gasteiger partial charge is 0.109 e. The molecule has 3 heteroatoms. The van der Waals surface area contributed by atoms with Crippen molar-refractivity contribution in [2.75, 3.05) is 6.61 Å². The molecular formula is C10H16N2O. The minimum Gasteiger partial charge on any atom is -0.396 e. The van der Waals surface area contributed by atoms with E-state index in [0.29, 0.717) is 12.5 Å². The van der Waals surface area contributed by atoms with Gasteiger partial charge in [-0.05, 0) is 19.8 Å². The number of rotatable bonds is 2. The molecule has 0 fully saturated rings. The maximum absolute atomic E-state index is 8.80. The normalized spacial score (nSPS) is 21.5. The zero-order chi connectivity index (χ0) is 9.26. The van der Waals surface area contributed by atoms with Gasteiger partial charge in [0.05, 0.1) is 5.69 Å². The van der Waals surface area contributed by atoms with Gasteiger partial charge in [0.2, 0.25) is 0 Å². The standard InChI is InChI=1S/C10H16N2O/c1-8-3-2-4-10-11-9(5-6-13)7-12(8)10/h7-8,13H,2-6H2,1H3. The monoisotopic (exact) mass is 180 g/mol.